The van der Waals surface area contributed by atoms with Crippen molar-refractivity contribution in [1.82, 2.24) is 0 Å². The molecule has 1 fully saturated rings. The molecule has 0 bridgehead atoms. The third-order valence-corrected chi connectivity index (χ3v) is 3.78. The summed E-state index contributed by atoms with van der Waals surface area (Å²) in [6.07, 6.45) is 2.49. The number of nitrogens with one attached hydrogen (secondary N) is 1. The predicted octanol–water partition coefficient (Wildman–Crippen LogP) is 2.92. The smallest absolute Gasteiger partial charge is 0.335 e. The number of aryl methyl sites for hydroxylation is 1. The van der Waals surface area contributed by atoms with Crippen LogP contribution in [0, 0.1) is 12.8 Å². The zero-order chi connectivity index (χ0) is 13.8. The van der Waals surface area contributed by atoms with E-state index < -0.39 is 5.97 Å². The van der Waals surface area contributed by atoms with E-state index in [4.69, 9.17) is 9.84 Å². The van der Waals surface area contributed by atoms with E-state index in [2.05, 4.69) is 12.2 Å². The molecule has 1 saturated heterocycles. The van der Waals surface area contributed by atoms with E-state index in [1.165, 1.54) is 0 Å². The van der Waals surface area contributed by atoms with Crippen molar-refractivity contribution in [3.05, 3.63) is 29.3 Å². The number of rotatable bonds is 5. The van der Waals surface area contributed by atoms with E-state index in [9.17, 15) is 4.79 Å². The van der Waals surface area contributed by atoms with Crippen molar-refractivity contribution >= 4 is 11.7 Å². The minimum Gasteiger partial charge on any atom is -0.478 e. The lowest BCUT2D eigenvalue weighted by molar-refractivity contribution is 0.0697. The van der Waals surface area contributed by atoms with Gasteiger partial charge in [-0.05, 0) is 43.5 Å². The van der Waals surface area contributed by atoms with E-state index in [1.54, 1.807) is 12.1 Å². The van der Waals surface area contributed by atoms with Gasteiger partial charge in [-0.25, -0.2) is 4.79 Å². The van der Waals surface area contributed by atoms with E-state index in [0.29, 0.717) is 17.6 Å². The van der Waals surface area contributed by atoms with E-state index >= 15 is 0 Å². The van der Waals surface area contributed by atoms with Crippen molar-refractivity contribution in [3.8, 4) is 0 Å². The molecule has 2 atom stereocenters. The van der Waals surface area contributed by atoms with Crippen LogP contribution in [-0.2, 0) is 4.74 Å². The fraction of sp³-hybridized carbons (Fsp3) is 0.533. The van der Waals surface area contributed by atoms with Gasteiger partial charge in [0.2, 0.25) is 0 Å². The fourth-order valence-corrected chi connectivity index (χ4v) is 2.61. The maximum Gasteiger partial charge on any atom is 0.335 e. The summed E-state index contributed by atoms with van der Waals surface area (Å²) in [6, 6.07) is 5.18. The first-order chi connectivity index (χ1) is 9.11. The summed E-state index contributed by atoms with van der Waals surface area (Å²) in [6.45, 7) is 5.81. The van der Waals surface area contributed by atoms with Gasteiger partial charge in [-0.2, -0.15) is 0 Å². The van der Waals surface area contributed by atoms with Gasteiger partial charge in [-0.15, -0.1) is 0 Å². The molecule has 1 heterocycles. The molecule has 4 nitrogen and oxygen atoms in total. The Morgan fingerprint density at radius 2 is 2.32 bits per heavy atom. The Kier molecular flexibility index (Phi) is 4.43. The summed E-state index contributed by atoms with van der Waals surface area (Å²) < 4.78 is 5.67. The second-order valence-corrected chi connectivity index (χ2v) is 5.08. The van der Waals surface area contributed by atoms with Crippen LogP contribution < -0.4 is 5.32 Å². The lowest BCUT2D eigenvalue weighted by atomic mass is 9.99. The maximum absolute atomic E-state index is 10.9. The predicted molar refractivity (Wildman–Crippen MR) is 74.8 cm³/mol. The van der Waals surface area contributed by atoms with Crippen LogP contribution >= 0.6 is 0 Å². The number of hydrogen-bond acceptors (Lipinski definition) is 3. The Bertz CT molecular complexity index is 459. The molecule has 104 valence electrons. The fourth-order valence-electron chi connectivity index (χ4n) is 2.61. The lowest BCUT2D eigenvalue weighted by Gasteiger charge is -2.19. The Balaban J connectivity index is 1.98. The highest BCUT2D eigenvalue weighted by Crippen LogP contribution is 2.25. The van der Waals surface area contributed by atoms with Gasteiger partial charge >= 0.3 is 5.97 Å². The standard InChI is InChI=1S/C15H21NO3/c1-3-14-12(6-7-19-14)9-16-13-5-4-11(15(17)18)8-10(13)2/h4-5,8,12,14,16H,3,6-7,9H2,1-2H3,(H,17,18). The first-order valence-corrected chi connectivity index (χ1v) is 6.81. The van der Waals surface area contributed by atoms with Crippen LogP contribution in [-0.4, -0.2) is 30.3 Å². The Morgan fingerprint density at radius 1 is 1.53 bits per heavy atom. The molecule has 1 aromatic carbocycles. The maximum atomic E-state index is 10.9. The van der Waals surface area contributed by atoms with Gasteiger partial charge in [0.05, 0.1) is 11.7 Å². The van der Waals surface area contributed by atoms with Gasteiger partial charge in [0.25, 0.3) is 0 Å². The zero-order valence-electron chi connectivity index (χ0n) is 11.5. The molecule has 0 amide bonds. The molecule has 0 radical (unpaired) electrons. The van der Waals surface area contributed by atoms with Crippen LogP contribution in [0.25, 0.3) is 0 Å². The molecule has 0 saturated carbocycles. The third-order valence-electron chi connectivity index (χ3n) is 3.78. The van der Waals surface area contributed by atoms with Crippen molar-refractivity contribution in [2.24, 2.45) is 5.92 Å². The van der Waals surface area contributed by atoms with Crippen molar-refractivity contribution in [3.63, 3.8) is 0 Å². The zero-order valence-corrected chi connectivity index (χ0v) is 11.5. The van der Waals surface area contributed by atoms with Gasteiger partial charge in [0.15, 0.2) is 0 Å². The first kappa shape index (κ1) is 13.9. The Morgan fingerprint density at radius 3 is 2.95 bits per heavy atom. The normalized spacial score (nSPS) is 22.4. The van der Waals surface area contributed by atoms with Crippen LogP contribution in [0.2, 0.25) is 0 Å². The van der Waals surface area contributed by atoms with E-state index in [-0.39, 0.29) is 0 Å². The summed E-state index contributed by atoms with van der Waals surface area (Å²) >= 11 is 0. The third kappa shape index (κ3) is 3.26. The molecule has 2 N–H and O–H groups in total. The van der Waals surface area contributed by atoms with E-state index in [1.807, 2.05) is 13.0 Å². The molecule has 2 unspecified atom stereocenters. The van der Waals surface area contributed by atoms with Crippen LogP contribution in [0.5, 0.6) is 0 Å². The average Bonchev–Trinajstić information content (AvgIpc) is 2.84. The molecular weight excluding hydrogens is 242 g/mol. The molecule has 0 aliphatic carbocycles. The number of hydrogen-bond donors (Lipinski definition) is 2. The first-order valence-electron chi connectivity index (χ1n) is 6.81. The van der Waals surface area contributed by atoms with E-state index in [0.717, 1.165) is 37.2 Å². The second-order valence-electron chi connectivity index (χ2n) is 5.08. The summed E-state index contributed by atoms with van der Waals surface area (Å²) in [4.78, 5) is 10.9. The molecule has 19 heavy (non-hydrogen) atoms. The van der Waals surface area contributed by atoms with Gasteiger partial charge in [0, 0.05) is 24.8 Å². The molecule has 1 aromatic rings. The molecule has 0 aromatic heterocycles. The van der Waals surface area contributed by atoms with Gasteiger partial charge in [-0.3, -0.25) is 0 Å². The minimum atomic E-state index is -0.884. The SMILES string of the molecule is CCC1OCCC1CNc1ccc(C(=O)O)cc1C. The molecular formula is C15H21NO3. The summed E-state index contributed by atoms with van der Waals surface area (Å²) in [5.74, 6) is -0.339. The van der Waals surface area contributed by atoms with Crippen molar-refractivity contribution in [2.45, 2.75) is 32.8 Å². The van der Waals surface area contributed by atoms with Crippen molar-refractivity contribution in [2.75, 3.05) is 18.5 Å². The molecule has 2 rings (SSSR count). The van der Waals surface area contributed by atoms with Gasteiger partial charge < -0.3 is 15.2 Å². The van der Waals surface area contributed by atoms with Crippen LogP contribution in [0.3, 0.4) is 0 Å². The number of carboxylic acids is 1. The average molecular weight is 263 g/mol. The summed E-state index contributed by atoms with van der Waals surface area (Å²) in [5, 5.41) is 12.3. The van der Waals surface area contributed by atoms with Crippen LogP contribution in [0.1, 0.15) is 35.7 Å². The number of benzene rings is 1. The minimum absolute atomic E-state index is 0.332. The second kappa shape index (κ2) is 6.06. The number of carboxylic acid groups (broad SMARTS) is 1. The van der Waals surface area contributed by atoms with Gasteiger partial charge in [-0.1, -0.05) is 6.92 Å². The highest BCUT2D eigenvalue weighted by Gasteiger charge is 2.26. The summed E-state index contributed by atoms with van der Waals surface area (Å²) in [5.41, 5.74) is 2.30. The summed E-state index contributed by atoms with van der Waals surface area (Å²) in [7, 11) is 0. The quantitative estimate of drug-likeness (QED) is 0.857. The Labute approximate surface area is 113 Å². The number of ether oxygens (including phenoxy) is 1. The molecule has 1 aliphatic rings. The number of aromatic carboxylic acids is 1. The number of carbonyl (C=O) groups is 1. The highest BCUT2D eigenvalue weighted by atomic mass is 16.5. The molecule has 1 aliphatic heterocycles. The Hall–Kier alpha value is -1.55. The van der Waals surface area contributed by atoms with Crippen molar-refractivity contribution in [1.29, 1.82) is 0 Å². The van der Waals surface area contributed by atoms with Crippen LogP contribution in [0.15, 0.2) is 18.2 Å². The van der Waals surface area contributed by atoms with Crippen LogP contribution in [0.4, 0.5) is 5.69 Å². The topological polar surface area (TPSA) is 58.6 Å². The molecule has 0 spiro atoms. The lowest BCUT2D eigenvalue weighted by Crippen LogP contribution is -2.23. The largest absolute Gasteiger partial charge is 0.478 e. The highest BCUT2D eigenvalue weighted by molar-refractivity contribution is 5.88. The van der Waals surface area contributed by atoms with Gasteiger partial charge in [0.1, 0.15) is 0 Å². The van der Waals surface area contributed by atoms with Crippen molar-refractivity contribution < 1.29 is 14.6 Å². The monoisotopic (exact) mass is 263 g/mol. The molecule has 4 heteroatoms. The number of anilines is 1.